The van der Waals surface area contributed by atoms with Gasteiger partial charge in [-0.1, -0.05) is 0 Å². The van der Waals surface area contributed by atoms with Crippen molar-refractivity contribution in [2.75, 3.05) is 0 Å². The van der Waals surface area contributed by atoms with Crippen LogP contribution in [0.5, 0.6) is 0 Å². The molecule has 1 aliphatic carbocycles. The van der Waals surface area contributed by atoms with Crippen LogP contribution in [0.3, 0.4) is 0 Å². The van der Waals surface area contributed by atoms with Crippen molar-refractivity contribution in [3.05, 3.63) is 34.2 Å². The first-order valence-electron chi connectivity index (χ1n) is 5.24. The molecule has 0 radical (unpaired) electrons. The molecule has 1 aromatic heterocycles. The zero-order valence-electron chi connectivity index (χ0n) is 8.67. The Labute approximate surface area is 92.0 Å². The smallest absolute Gasteiger partial charge is 0.341 e. The van der Waals surface area contributed by atoms with Gasteiger partial charge in [-0.25, -0.2) is 4.79 Å². The molecule has 0 spiro atoms. The fraction of sp³-hybridized carbons (Fsp3) is 0.455. The van der Waals surface area contributed by atoms with E-state index in [-0.39, 0.29) is 11.6 Å². The third kappa shape index (κ3) is 1.74. The Morgan fingerprint density at radius 2 is 2.19 bits per heavy atom. The highest BCUT2D eigenvalue weighted by molar-refractivity contribution is 5.86. The maximum absolute atomic E-state index is 11.8. The number of rotatable bonds is 2. The van der Waals surface area contributed by atoms with E-state index in [0.29, 0.717) is 12.8 Å². The summed E-state index contributed by atoms with van der Waals surface area (Å²) in [5.41, 5.74) is -0.789. The average molecular weight is 223 g/mol. The number of aromatic carboxylic acids is 1. The standard InChI is InChI=1S/C11H13NO4/c13-9-5-1-4-8(9)12-6-2-3-7(10(12)14)11(15)16/h2-3,6,8-9,13H,1,4-5H2,(H,15,16)/t8?,9-/m1/s1. The number of aromatic nitrogens is 1. The summed E-state index contributed by atoms with van der Waals surface area (Å²) >= 11 is 0. The Hall–Kier alpha value is -1.62. The Bertz CT molecular complexity index is 465. The fourth-order valence-corrected chi connectivity index (χ4v) is 2.18. The molecule has 1 saturated carbocycles. The van der Waals surface area contributed by atoms with E-state index in [9.17, 15) is 14.7 Å². The van der Waals surface area contributed by atoms with Crippen LogP contribution in [0.4, 0.5) is 0 Å². The van der Waals surface area contributed by atoms with Crippen LogP contribution in [0, 0.1) is 0 Å². The summed E-state index contributed by atoms with van der Waals surface area (Å²) in [5.74, 6) is -1.23. The number of aliphatic hydroxyl groups is 1. The number of carboxylic acids is 1. The second kappa shape index (κ2) is 4.09. The lowest BCUT2D eigenvalue weighted by molar-refractivity contribution is 0.0692. The van der Waals surface area contributed by atoms with Crippen LogP contribution < -0.4 is 5.56 Å². The Kier molecular flexibility index (Phi) is 2.78. The van der Waals surface area contributed by atoms with E-state index in [2.05, 4.69) is 0 Å². The van der Waals surface area contributed by atoms with E-state index in [0.717, 1.165) is 6.42 Å². The number of carboxylic acid groups (broad SMARTS) is 1. The van der Waals surface area contributed by atoms with Crippen molar-refractivity contribution in [1.29, 1.82) is 0 Å². The lowest BCUT2D eigenvalue weighted by atomic mass is 10.2. The van der Waals surface area contributed by atoms with E-state index >= 15 is 0 Å². The highest BCUT2D eigenvalue weighted by atomic mass is 16.4. The number of aliphatic hydroxyl groups excluding tert-OH is 1. The van der Waals surface area contributed by atoms with Crippen LogP contribution in [-0.2, 0) is 0 Å². The van der Waals surface area contributed by atoms with Gasteiger partial charge in [-0.15, -0.1) is 0 Å². The predicted molar refractivity (Wildman–Crippen MR) is 56.6 cm³/mol. The molecule has 0 amide bonds. The molecule has 0 aliphatic heterocycles. The maximum atomic E-state index is 11.8. The Morgan fingerprint density at radius 1 is 1.44 bits per heavy atom. The van der Waals surface area contributed by atoms with Crippen molar-refractivity contribution >= 4 is 5.97 Å². The number of pyridine rings is 1. The highest BCUT2D eigenvalue weighted by Crippen LogP contribution is 2.28. The quantitative estimate of drug-likeness (QED) is 0.770. The number of carbonyl (C=O) groups is 1. The molecule has 1 aromatic rings. The molecule has 2 atom stereocenters. The lowest BCUT2D eigenvalue weighted by Gasteiger charge is -2.17. The van der Waals surface area contributed by atoms with Gasteiger partial charge in [0.2, 0.25) is 0 Å². The summed E-state index contributed by atoms with van der Waals surface area (Å²) in [6.07, 6.45) is 3.21. The van der Waals surface area contributed by atoms with Gasteiger partial charge in [-0.05, 0) is 31.4 Å². The first-order chi connectivity index (χ1) is 7.61. The first kappa shape index (κ1) is 10.9. The van der Waals surface area contributed by atoms with E-state index in [1.54, 1.807) is 0 Å². The first-order valence-corrected chi connectivity index (χ1v) is 5.24. The minimum atomic E-state index is -1.23. The van der Waals surface area contributed by atoms with Gasteiger partial charge in [-0.3, -0.25) is 4.79 Å². The van der Waals surface area contributed by atoms with Crippen LogP contribution in [0.25, 0.3) is 0 Å². The van der Waals surface area contributed by atoms with Gasteiger partial charge in [0, 0.05) is 6.20 Å². The molecule has 2 N–H and O–H groups in total. The molecule has 86 valence electrons. The number of nitrogens with zero attached hydrogens (tertiary/aromatic N) is 1. The minimum absolute atomic E-state index is 0.249. The van der Waals surface area contributed by atoms with Crippen molar-refractivity contribution in [3.63, 3.8) is 0 Å². The van der Waals surface area contributed by atoms with Crippen molar-refractivity contribution < 1.29 is 15.0 Å². The number of hydrogen-bond acceptors (Lipinski definition) is 3. The van der Waals surface area contributed by atoms with Gasteiger partial charge in [-0.2, -0.15) is 0 Å². The molecule has 1 unspecified atom stereocenters. The summed E-state index contributed by atoms with van der Waals surface area (Å²) in [5, 5.41) is 18.5. The highest BCUT2D eigenvalue weighted by Gasteiger charge is 2.28. The third-order valence-corrected chi connectivity index (χ3v) is 3.01. The summed E-state index contributed by atoms with van der Waals surface area (Å²) in [7, 11) is 0. The lowest BCUT2D eigenvalue weighted by Crippen LogP contribution is -2.32. The van der Waals surface area contributed by atoms with Gasteiger partial charge >= 0.3 is 5.97 Å². The Balaban J connectivity index is 2.46. The maximum Gasteiger partial charge on any atom is 0.341 e. The average Bonchev–Trinajstić information content (AvgIpc) is 2.64. The largest absolute Gasteiger partial charge is 0.477 e. The third-order valence-electron chi connectivity index (χ3n) is 3.01. The van der Waals surface area contributed by atoms with Crippen molar-refractivity contribution in [2.24, 2.45) is 0 Å². The molecule has 2 rings (SSSR count). The zero-order chi connectivity index (χ0) is 11.7. The normalized spacial score (nSPS) is 24.6. The van der Waals surface area contributed by atoms with Crippen LogP contribution in [-0.4, -0.2) is 26.9 Å². The van der Waals surface area contributed by atoms with E-state index < -0.39 is 17.6 Å². The summed E-state index contributed by atoms with van der Waals surface area (Å²) in [6.45, 7) is 0. The second-order valence-electron chi connectivity index (χ2n) is 4.01. The molecule has 0 bridgehead atoms. The molecule has 16 heavy (non-hydrogen) atoms. The molecule has 1 fully saturated rings. The minimum Gasteiger partial charge on any atom is -0.477 e. The SMILES string of the molecule is O=C(O)c1cccn(C2CCC[C@H]2O)c1=O. The molecule has 1 aliphatic rings. The van der Waals surface area contributed by atoms with Gasteiger partial charge in [0.1, 0.15) is 5.56 Å². The number of hydrogen-bond donors (Lipinski definition) is 2. The van der Waals surface area contributed by atoms with E-state index in [4.69, 9.17) is 5.11 Å². The predicted octanol–water partition coefficient (Wildman–Crippen LogP) is 0.632. The van der Waals surface area contributed by atoms with Crippen LogP contribution in [0.15, 0.2) is 23.1 Å². The van der Waals surface area contributed by atoms with Crippen molar-refractivity contribution in [2.45, 2.75) is 31.4 Å². The molecular formula is C11H13NO4. The fourth-order valence-electron chi connectivity index (χ4n) is 2.18. The van der Waals surface area contributed by atoms with Gasteiger partial charge in [0.25, 0.3) is 5.56 Å². The van der Waals surface area contributed by atoms with E-state index in [1.807, 2.05) is 0 Å². The zero-order valence-corrected chi connectivity index (χ0v) is 8.67. The van der Waals surface area contributed by atoms with Gasteiger partial charge in [0.15, 0.2) is 0 Å². The molecule has 0 aromatic carbocycles. The molecule has 1 heterocycles. The van der Waals surface area contributed by atoms with Crippen molar-refractivity contribution in [1.82, 2.24) is 4.57 Å². The van der Waals surface area contributed by atoms with Gasteiger partial charge < -0.3 is 14.8 Å². The molecule has 5 heteroatoms. The van der Waals surface area contributed by atoms with Crippen LogP contribution in [0.1, 0.15) is 35.7 Å². The molecule has 5 nitrogen and oxygen atoms in total. The van der Waals surface area contributed by atoms with Gasteiger partial charge in [0.05, 0.1) is 12.1 Å². The second-order valence-corrected chi connectivity index (χ2v) is 4.01. The summed E-state index contributed by atoms with van der Waals surface area (Å²) in [6, 6.07) is 2.52. The topological polar surface area (TPSA) is 79.5 Å². The van der Waals surface area contributed by atoms with E-state index in [1.165, 1.54) is 22.9 Å². The molecular weight excluding hydrogens is 210 g/mol. The van der Waals surface area contributed by atoms with Crippen LogP contribution in [0.2, 0.25) is 0 Å². The summed E-state index contributed by atoms with van der Waals surface area (Å²) in [4.78, 5) is 22.6. The Morgan fingerprint density at radius 3 is 2.75 bits per heavy atom. The van der Waals surface area contributed by atoms with Crippen LogP contribution >= 0.6 is 0 Å². The molecule has 0 saturated heterocycles. The summed E-state index contributed by atoms with van der Waals surface area (Å²) < 4.78 is 1.33. The monoisotopic (exact) mass is 223 g/mol. The van der Waals surface area contributed by atoms with Crippen molar-refractivity contribution in [3.8, 4) is 0 Å².